The molecule has 0 aromatic rings. The Kier molecular flexibility index (Phi) is 19.1. The van der Waals surface area contributed by atoms with Crippen LogP contribution in [0.15, 0.2) is 0 Å². The maximum absolute atomic E-state index is 12.0. The molecule has 0 N–H and O–H groups in total. The Labute approximate surface area is 205 Å². The molecular weight excluding hydrogens is 495 g/mol. The molecule has 0 aliphatic heterocycles. The van der Waals surface area contributed by atoms with Crippen molar-refractivity contribution in [2.75, 3.05) is 23.0 Å². The first-order valence-corrected chi connectivity index (χ1v) is 16.2. The molecule has 0 aliphatic rings. The van der Waals surface area contributed by atoms with Gasteiger partial charge in [0.1, 0.15) is 19.7 Å². The lowest BCUT2D eigenvalue weighted by atomic mass is 10.1. The Morgan fingerprint density at radius 2 is 0.625 bits per heavy atom. The Morgan fingerprint density at radius 3 is 0.875 bits per heavy atom. The van der Waals surface area contributed by atoms with E-state index in [2.05, 4.69) is 0 Å². The SMILES string of the molecule is O=C(Cl)CCCCCS(=O)(=O)CCCCCCCCCCS(=O)(=O)CCCCCC(=O)Cl. The summed E-state index contributed by atoms with van der Waals surface area (Å²) >= 11 is 10.5. The fourth-order valence-corrected chi connectivity index (χ4v) is 6.69. The van der Waals surface area contributed by atoms with Crippen molar-refractivity contribution in [1.82, 2.24) is 0 Å². The molecule has 0 aromatic heterocycles. The summed E-state index contributed by atoms with van der Waals surface area (Å²) in [5.41, 5.74) is 0. The van der Waals surface area contributed by atoms with E-state index in [1.807, 2.05) is 0 Å². The molecule has 10 heteroatoms. The molecule has 0 bridgehead atoms. The number of sulfone groups is 2. The highest BCUT2D eigenvalue weighted by molar-refractivity contribution is 7.91. The van der Waals surface area contributed by atoms with Crippen molar-refractivity contribution in [3.05, 3.63) is 0 Å². The van der Waals surface area contributed by atoms with Crippen molar-refractivity contribution < 1.29 is 26.4 Å². The molecule has 0 saturated carbocycles. The third-order valence-corrected chi connectivity index (χ3v) is 9.34. The van der Waals surface area contributed by atoms with Crippen molar-refractivity contribution >= 4 is 53.4 Å². The van der Waals surface area contributed by atoms with Gasteiger partial charge in [0.15, 0.2) is 0 Å². The van der Waals surface area contributed by atoms with Crippen LogP contribution in [0.5, 0.6) is 0 Å². The number of carbonyl (C=O) groups excluding carboxylic acids is 2. The van der Waals surface area contributed by atoms with E-state index < -0.39 is 19.7 Å². The topological polar surface area (TPSA) is 102 Å². The first-order valence-electron chi connectivity index (χ1n) is 11.8. The van der Waals surface area contributed by atoms with Crippen molar-refractivity contribution in [1.29, 1.82) is 0 Å². The zero-order valence-electron chi connectivity index (χ0n) is 19.2. The van der Waals surface area contributed by atoms with Gasteiger partial charge in [-0.15, -0.1) is 0 Å². The van der Waals surface area contributed by atoms with Crippen LogP contribution >= 0.6 is 23.2 Å². The van der Waals surface area contributed by atoms with Crippen LogP contribution in [0, 0.1) is 0 Å². The van der Waals surface area contributed by atoms with E-state index in [-0.39, 0.29) is 33.5 Å². The van der Waals surface area contributed by atoms with Crippen molar-refractivity contribution in [3.63, 3.8) is 0 Å². The van der Waals surface area contributed by atoms with Crippen molar-refractivity contribution in [2.24, 2.45) is 0 Å². The van der Waals surface area contributed by atoms with Gasteiger partial charge < -0.3 is 0 Å². The molecular formula is C22H40Cl2O6S2. The molecule has 0 atom stereocenters. The minimum absolute atomic E-state index is 0.180. The number of halogens is 2. The minimum Gasteiger partial charge on any atom is -0.281 e. The Morgan fingerprint density at radius 1 is 0.406 bits per heavy atom. The van der Waals surface area contributed by atoms with E-state index in [0.717, 1.165) is 38.5 Å². The van der Waals surface area contributed by atoms with Gasteiger partial charge in [-0.25, -0.2) is 16.8 Å². The number of hydrogen-bond donors (Lipinski definition) is 0. The third-order valence-electron chi connectivity index (χ3n) is 5.32. The van der Waals surface area contributed by atoms with Crippen LogP contribution in [0.3, 0.4) is 0 Å². The molecule has 0 saturated heterocycles. The van der Waals surface area contributed by atoms with Crippen LogP contribution in [0.4, 0.5) is 0 Å². The Bertz CT molecular complexity index is 659. The van der Waals surface area contributed by atoms with E-state index in [0.29, 0.717) is 64.2 Å². The quantitative estimate of drug-likeness (QED) is 0.125. The zero-order chi connectivity index (χ0) is 24.3. The first-order chi connectivity index (χ1) is 15.0. The molecule has 0 unspecified atom stereocenters. The second-order valence-corrected chi connectivity index (χ2v) is 13.9. The fourth-order valence-electron chi connectivity index (χ4n) is 3.43. The molecule has 0 aromatic carbocycles. The lowest BCUT2D eigenvalue weighted by Crippen LogP contribution is -2.11. The largest absolute Gasteiger partial charge is 0.281 e. The van der Waals surface area contributed by atoms with E-state index >= 15 is 0 Å². The summed E-state index contributed by atoms with van der Waals surface area (Å²) in [6.45, 7) is 0. The van der Waals surface area contributed by atoms with Gasteiger partial charge >= 0.3 is 0 Å². The number of unbranched alkanes of at least 4 members (excludes halogenated alkanes) is 11. The predicted molar refractivity (Wildman–Crippen MR) is 133 cm³/mol. The highest BCUT2D eigenvalue weighted by Crippen LogP contribution is 2.12. The van der Waals surface area contributed by atoms with E-state index in [1.54, 1.807) is 0 Å². The lowest BCUT2D eigenvalue weighted by Gasteiger charge is -2.06. The number of carbonyl (C=O) groups is 2. The molecule has 0 radical (unpaired) electrons. The summed E-state index contributed by atoms with van der Waals surface area (Å²) in [4.78, 5) is 21.3. The fraction of sp³-hybridized carbons (Fsp3) is 0.909. The van der Waals surface area contributed by atoms with Crippen LogP contribution in [-0.4, -0.2) is 50.3 Å². The van der Waals surface area contributed by atoms with Crippen LogP contribution in [-0.2, 0) is 29.3 Å². The Hall–Kier alpha value is -0.180. The average molecular weight is 536 g/mol. The van der Waals surface area contributed by atoms with E-state index in [9.17, 15) is 26.4 Å². The molecule has 190 valence electrons. The van der Waals surface area contributed by atoms with Crippen molar-refractivity contribution in [3.8, 4) is 0 Å². The maximum atomic E-state index is 12.0. The summed E-state index contributed by atoms with van der Waals surface area (Å²) in [6, 6.07) is 0. The van der Waals surface area contributed by atoms with Gasteiger partial charge in [-0.3, -0.25) is 9.59 Å². The van der Waals surface area contributed by atoms with E-state index in [1.165, 1.54) is 0 Å². The second-order valence-electron chi connectivity index (χ2n) is 8.46. The Balaban J connectivity index is 3.56. The summed E-state index contributed by atoms with van der Waals surface area (Å²) < 4.78 is 47.9. The third kappa shape index (κ3) is 23.0. The van der Waals surface area contributed by atoms with Gasteiger partial charge in [0.05, 0.1) is 23.0 Å². The monoisotopic (exact) mass is 534 g/mol. The number of rotatable bonds is 23. The molecule has 0 spiro atoms. The molecule has 0 amide bonds. The number of hydrogen-bond acceptors (Lipinski definition) is 6. The lowest BCUT2D eigenvalue weighted by molar-refractivity contribution is -0.112. The molecule has 0 aliphatic carbocycles. The van der Waals surface area contributed by atoms with Gasteiger partial charge in [0.2, 0.25) is 10.5 Å². The minimum atomic E-state index is -3.01. The van der Waals surface area contributed by atoms with Gasteiger partial charge in [0.25, 0.3) is 0 Å². The average Bonchev–Trinajstić information content (AvgIpc) is 2.68. The highest BCUT2D eigenvalue weighted by Gasteiger charge is 2.11. The molecule has 32 heavy (non-hydrogen) atoms. The van der Waals surface area contributed by atoms with Gasteiger partial charge in [0, 0.05) is 12.8 Å². The van der Waals surface area contributed by atoms with Crippen molar-refractivity contribution in [2.45, 2.75) is 103 Å². The molecule has 0 fully saturated rings. The van der Waals surface area contributed by atoms with Gasteiger partial charge in [-0.2, -0.15) is 0 Å². The second kappa shape index (κ2) is 19.2. The molecule has 6 nitrogen and oxygen atoms in total. The van der Waals surface area contributed by atoms with Gasteiger partial charge in [-0.05, 0) is 61.7 Å². The molecule has 0 rings (SSSR count). The van der Waals surface area contributed by atoms with Crippen LogP contribution < -0.4 is 0 Å². The highest BCUT2D eigenvalue weighted by atomic mass is 35.5. The van der Waals surface area contributed by atoms with E-state index in [4.69, 9.17) is 23.2 Å². The summed E-state index contributed by atoms with van der Waals surface area (Å²) in [7, 11) is -6.02. The maximum Gasteiger partial charge on any atom is 0.221 e. The van der Waals surface area contributed by atoms with Crippen LogP contribution in [0.1, 0.15) is 103 Å². The first kappa shape index (κ1) is 31.8. The van der Waals surface area contributed by atoms with Gasteiger partial charge in [-0.1, -0.05) is 51.4 Å². The summed E-state index contributed by atoms with van der Waals surface area (Å²) in [5.74, 6) is 0.807. The summed E-state index contributed by atoms with van der Waals surface area (Å²) in [5, 5.41) is -0.745. The normalized spacial score (nSPS) is 12.2. The molecule has 0 heterocycles. The standard InChI is InChI=1S/C22H40Cl2O6S2/c23-21(25)15-9-7-13-19-31(27,28)17-11-5-3-1-2-4-6-12-18-32(29,30)20-14-8-10-16-22(24)26/h1-20H2. The smallest absolute Gasteiger partial charge is 0.221 e. The summed E-state index contributed by atoms with van der Waals surface area (Å²) in [6.07, 6.45) is 11.7. The zero-order valence-corrected chi connectivity index (χ0v) is 22.3. The van der Waals surface area contributed by atoms with Crippen LogP contribution in [0.2, 0.25) is 0 Å². The van der Waals surface area contributed by atoms with Crippen LogP contribution in [0.25, 0.3) is 0 Å². The predicted octanol–water partition coefficient (Wildman–Crippen LogP) is 5.59.